The van der Waals surface area contributed by atoms with Crippen LogP contribution < -0.4 is 10.1 Å². The van der Waals surface area contributed by atoms with Gasteiger partial charge in [-0.15, -0.1) is 0 Å². The highest BCUT2D eigenvalue weighted by Gasteiger charge is 2.13. The van der Waals surface area contributed by atoms with Gasteiger partial charge in [-0.3, -0.25) is 4.79 Å². The van der Waals surface area contributed by atoms with Gasteiger partial charge in [0.05, 0.1) is 12.4 Å². The zero-order valence-electron chi connectivity index (χ0n) is 14.0. The Morgan fingerprint density at radius 2 is 1.88 bits per heavy atom. The first kappa shape index (κ1) is 18.0. The van der Waals surface area contributed by atoms with Crippen LogP contribution in [-0.2, 0) is 15.6 Å². The Bertz CT molecular complexity index is 844. The molecule has 0 heterocycles. The van der Waals surface area contributed by atoms with Crippen molar-refractivity contribution in [3.05, 3.63) is 59.2 Å². The van der Waals surface area contributed by atoms with Crippen LogP contribution in [0.5, 0.6) is 5.75 Å². The van der Waals surface area contributed by atoms with Crippen molar-refractivity contribution in [2.75, 3.05) is 18.2 Å². The van der Waals surface area contributed by atoms with Crippen molar-refractivity contribution < 1.29 is 17.9 Å². The van der Waals surface area contributed by atoms with E-state index in [1.165, 1.54) is 6.26 Å². The molecule has 0 aliphatic rings. The molecule has 0 spiro atoms. The van der Waals surface area contributed by atoms with Crippen LogP contribution in [0.4, 0.5) is 5.69 Å². The lowest BCUT2D eigenvalue weighted by Gasteiger charge is -2.12. The number of hydrogen-bond acceptors (Lipinski definition) is 4. The number of nitrogens with one attached hydrogen (secondary N) is 1. The zero-order valence-corrected chi connectivity index (χ0v) is 14.8. The minimum Gasteiger partial charge on any atom is -0.494 e. The number of hydrogen-bond donors (Lipinski definition) is 1. The fourth-order valence-corrected chi connectivity index (χ4v) is 3.22. The van der Waals surface area contributed by atoms with Gasteiger partial charge in [-0.05, 0) is 49.2 Å². The van der Waals surface area contributed by atoms with Gasteiger partial charge in [-0.2, -0.15) is 0 Å². The van der Waals surface area contributed by atoms with Gasteiger partial charge < -0.3 is 10.1 Å². The highest BCUT2D eigenvalue weighted by molar-refractivity contribution is 7.89. The number of sulfone groups is 1. The molecule has 0 unspecified atom stereocenters. The van der Waals surface area contributed by atoms with Crippen LogP contribution in [0.1, 0.15) is 28.4 Å². The van der Waals surface area contributed by atoms with Crippen molar-refractivity contribution in [1.82, 2.24) is 0 Å². The van der Waals surface area contributed by atoms with E-state index in [2.05, 4.69) is 5.32 Å². The van der Waals surface area contributed by atoms with Crippen molar-refractivity contribution in [2.24, 2.45) is 0 Å². The third-order valence-corrected chi connectivity index (χ3v) is 4.35. The largest absolute Gasteiger partial charge is 0.494 e. The summed E-state index contributed by atoms with van der Waals surface area (Å²) < 4.78 is 28.4. The minimum absolute atomic E-state index is 0.0532. The first-order chi connectivity index (χ1) is 11.3. The van der Waals surface area contributed by atoms with Gasteiger partial charge in [0.15, 0.2) is 9.84 Å². The van der Waals surface area contributed by atoms with Crippen LogP contribution in [0, 0.1) is 6.92 Å². The highest BCUT2D eigenvalue weighted by Crippen LogP contribution is 2.22. The lowest BCUT2D eigenvalue weighted by Crippen LogP contribution is -2.14. The van der Waals surface area contributed by atoms with Crippen LogP contribution in [0.15, 0.2) is 42.5 Å². The standard InChI is InChI=1S/C18H21NO4S/c1-4-23-16-9-5-7-14(11-16)18(20)19-17-10-6-8-15(13(17)2)12-24(3,21)22/h5-11H,4,12H2,1-3H3,(H,19,20). The summed E-state index contributed by atoms with van der Waals surface area (Å²) in [6.45, 7) is 4.20. The Hall–Kier alpha value is -2.34. The second-order valence-corrected chi connectivity index (χ2v) is 7.71. The van der Waals surface area contributed by atoms with Crippen LogP contribution >= 0.6 is 0 Å². The van der Waals surface area contributed by atoms with E-state index in [-0.39, 0.29) is 11.7 Å². The second-order valence-electron chi connectivity index (χ2n) is 5.57. The normalized spacial score (nSPS) is 11.1. The van der Waals surface area contributed by atoms with Crippen molar-refractivity contribution in [3.63, 3.8) is 0 Å². The molecule has 0 fully saturated rings. The Kier molecular flexibility index (Phi) is 5.62. The monoisotopic (exact) mass is 347 g/mol. The lowest BCUT2D eigenvalue weighted by atomic mass is 10.1. The molecule has 0 saturated heterocycles. The van der Waals surface area contributed by atoms with Crippen molar-refractivity contribution >= 4 is 21.4 Å². The maximum Gasteiger partial charge on any atom is 0.255 e. The van der Waals surface area contributed by atoms with Gasteiger partial charge in [0.2, 0.25) is 0 Å². The first-order valence-electron chi connectivity index (χ1n) is 7.60. The van der Waals surface area contributed by atoms with E-state index >= 15 is 0 Å². The van der Waals surface area contributed by atoms with E-state index in [0.29, 0.717) is 29.2 Å². The average molecular weight is 347 g/mol. The summed E-state index contributed by atoms with van der Waals surface area (Å²) in [6, 6.07) is 12.2. The molecular weight excluding hydrogens is 326 g/mol. The van der Waals surface area contributed by atoms with E-state index < -0.39 is 9.84 Å². The lowest BCUT2D eigenvalue weighted by molar-refractivity contribution is 0.102. The van der Waals surface area contributed by atoms with Crippen LogP contribution in [-0.4, -0.2) is 27.2 Å². The smallest absolute Gasteiger partial charge is 0.255 e. The number of anilines is 1. The Labute approximate surface area is 142 Å². The summed E-state index contributed by atoms with van der Waals surface area (Å²) in [5.74, 6) is 0.311. The Morgan fingerprint density at radius 3 is 2.54 bits per heavy atom. The van der Waals surface area contributed by atoms with E-state index in [1.54, 1.807) is 49.4 Å². The van der Waals surface area contributed by atoms with Crippen LogP contribution in [0.3, 0.4) is 0 Å². The summed E-state index contributed by atoms with van der Waals surface area (Å²) in [7, 11) is -3.14. The number of ether oxygens (including phenoxy) is 1. The molecule has 128 valence electrons. The number of rotatable bonds is 6. The molecule has 0 atom stereocenters. The molecular formula is C18H21NO4S. The number of carbonyl (C=O) groups excluding carboxylic acids is 1. The van der Waals surface area contributed by atoms with Gasteiger partial charge >= 0.3 is 0 Å². The molecule has 24 heavy (non-hydrogen) atoms. The van der Waals surface area contributed by atoms with Gasteiger partial charge in [0.25, 0.3) is 5.91 Å². The molecule has 0 aliphatic carbocycles. The molecule has 1 amide bonds. The predicted molar refractivity (Wildman–Crippen MR) is 95.3 cm³/mol. The molecule has 0 aliphatic heterocycles. The molecule has 2 aromatic rings. The molecule has 1 N–H and O–H groups in total. The van der Waals surface area contributed by atoms with Crippen LogP contribution in [0.2, 0.25) is 0 Å². The van der Waals surface area contributed by atoms with E-state index in [4.69, 9.17) is 4.74 Å². The van der Waals surface area contributed by atoms with Gasteiger partial charge in [0, 0.05) is 17.5 Å². The van der Waals surface area contributed by atoms with E-state index in [0.717, 1.165) is 5.56 Å². The van der Waals surface area contributed by atoms with Crippen molar-refractivity contribution in [3.8, 4) is 5.75 Å². The minimum atomic E-state index is -3.14. The Morgan fingerprint density at radius 1 is 1.17 bits per heavy atom. The average Bonchev–Trinajstić information content (AvgIpc) is 2.50. The molecule has 0 saturated carbocycles. The molecule has 0 bridgehead atoms. The quantitative estimate of drug-likeness (QED) is 0.871. The zero-order chi connectivity index (χ0) is 17.7. The summed E-state index contributed by atoms with van der Waals surface area (Å²) in [5.41, 5.74) is 2.51. The second kappa shape index (κ2) is 7.49. The third-order valence-electron chi connectivity index (χ3n) is 3.52. The van der Waals surface area contributed by atoms with Gasteiger partial charge in [0.1, 0.15) is 5.75 Å². The molecule has 2 aromatic carbocycles. The van der Waals surface area contributed by atoms with Crippen molar-refractivity contribution in [1.29, 1.82) is 0 Å². The summed E-state index contributed by atoms with van der Waals surface area (Å²) in [5, 5.41) is 2.83. The fraction of sp³-hybridized carbons (Fsp3) is 0.278. The number of amides is 1. The van der Waals surface area contributed by atoms with E-state index in [1.807, 2.05) is 6.92 Å². The number of carbonyl (C=O) groups is 1. The topological polar surface area (TPSA) is 72.5 Å². The van der Waals surface area contributed by atoms with E-state index in [9.17, 15) is 13.2 Å². The van der Waals surface area contributed by atoms with Gasteiger partial charge in [-0.25, -0.2) is 8.42 Å². The first-order valence-corrected chi connectivity index (χ1v) is 9.66. The Balaban J connectivity index is 2.23. The molecule has 5 nitrogen and oxygen atoms in total. The predicted octanol–water partition coefficient (Wildman–Crippen LogP) is 3.19. The van der Waals surface area contributed by atoms with Gasteiger partial charge in [-0.1, -0.05) is 18.2 Å². The maximum atomic E-state index is 12.4. The van der Waals surface area contributed by atoms with Crippen LogP contribution in [0.25, 0.3) is 0 Å². The SMILES string of the molecule is CCOc1cccc(C(=O)Nc2cccc(CS(C)(=O)=O)c2C)c1. The third kappa shape index (κ3) is 4.83. The summed E-state index contributed by atoms with van der Waals surface area (Å²) >= 11 is 0. The van der Waals surface area contributed by atoms with Crippen molar-refractivity contribution in [2.45, 2.75) is 19.6 Å². The molecule has 0 aromatic heterocycles. The molecule has 6 heteroatoms. The maximum absolute atomic E-state index is 12.4. The molecule has 2 rings (SSSR count). The molecule has 0 radical (unpaired) electrons. The number of benzene rings is 2. The summed E-state index contributed by atoms with van der Waals surface area (Å²) in [6.07, 6.45) is 1.19. The highest BCUT2D eigenvalue weighted by atomic mass is 32.2. The fourth-order valence-electron chi connectivity index (χ4n) is 2.35. The summed E-state index contributed by atoms with van der Waals surface area (Å²) in [4.78, 5) is 12.4.